The van der Waals surface area contributed by atoms with Crippen molar-refractivity contribution in [3.8, 4) is 11.5 Å². The Hall–Kier alpha value is -3.62. The van der Waals surface area contributed by atoms with Crippen molar-refractivity contribution in [1.29, 1.82) is 0 Å². The lowest BCUT2D eigenvalue weighted by molar-refractivity contribution is -0.385. The summed E-state index contributed by atoms with van der Waals surface area (Å²) in [4.78, 5) is 38.9. The van der Waals surface area contributed by atoms with Gasteiger partial charge >= 0.3 is 5.69 Å². The number of amides is 2. The molecule has 0 saturated heterocycles. The molecule has 0 radical (unpaired) electrons. The molecule has 0 aromatic heterocycles. The van der Waals surface area contributed by atoms with E-state index < -0.39 is 11.0 Å². The van der Waals surface area contributed by atoms with Crippen molar-refractivity contribution in [2.75, 3.05) is 13.7 Å². The fourth-order valence-electron chi connectivity index (χ4n) is 4.60. The lowest BCUT2D eigenvalue weighted by Crippen LogP contribution is -2.52. The maximum atomic E-state index is 13.4. The molecule has 2 aromatic rings. The van der Waals surface area contributed by atoms with Gasteiger partial charge < -0.3 is 19.7 Å². The highest BCUT2D eigenvalue weighted by molar-refractivity contribution is 5.88. The van der Waals surface area contributed by atoms with E-state index in [0.29, 0.717) is 6.42 Å². The Morgan fingerprint density at radius 3 is 2.56 bits per heavy atom. The summed E-state index contributed by atoms with van der Waals surface area (Å²) in [7, 11) is 1.33. The fraction of sp³-hybridized carbons (Fsp3) is 0.481. The number of nitro benzene ring substituents is 1. The third-order valence-electron chi connectivity index (χ3n) is 6.48. The normalized spacial score (nSPS) is 14.5. The molecule has 2 amide bonds. The molecule has 1 aliphatic rings. The van der Waals surface area contributed by atoms with Crippen LogP contribution in [0.5, 0.6) is 11.5 Å². The van der Waals surface area contributed by atoms with Crippen LogP contribution in [0.4, 0.5) is 5.69 Å². The third kappa shape index (κ3) is 7.19. The minimum Gasteiger partial charge on any atom is -0.490 e. The summed E-state index contributed by atoms with van der Waals surface area (Å²) in [5, 5.41) is 14.3. The zero-order chi connectivity index (χ0) is 26.1. The van der Waals surface area contributed by atoms with Gasteiger partial charge in [0.25, 0.3) is 5.91 Å². The molecule has 36 heavy (non-hydrogen) atoms. The summed E-state index contributed by atoms with van der Waals surface area (Å²) >= 11 is 0. The number of methoxy groups -OCH3 is 1. The number of nitro groups is 1. The molecular weight excluding hydrogens is 462 g/mol. The van der Waals surface area contributed by atoms with Crippen molar-refractivity contribution in [2.45, 2.75) is 71.0 Å². The van der Waals surface area contributed by atoms with Gasteiger partial charge in [0.05, 0.1) is 12.0 Å². The molecule has 1 atom stereocenters. The van der Waals surface area contributed by atoms with Crippen LogP contribution in [-0.4, -0.2) is 47.4 Å². The maximum absolute atomic E-state index is 13.4. The topological polar surface area (TPSA) is 111 Å². The lowest BCUT2D eigenvalue weighted by Gasteiger charge is -2.32. The Labute approximate surface area is 211 Å². The highest BCUT2D eigenvalue weighted by Gasteiger charge is 2.30. The molecule has 0 unspecified atom stereocenters. The van der Waals surface area contributed by atoms with E-state index in [9.17, 15) is 19.7 Å². The summed E-state index contributed by atoms with van der Waals surface area (Å²) in [6, 6.07) is 11.4. The Morgan fingerprint density at radius 2 is 1.92 bits per heavy atom. The summed E-state index contributed by atoms with van der Waals surface area (Å²) < 4.78 is 10.8. The SMILES string of the molecule is CC[C@H](C(=O)NC1CCCCC1)N(Cc1cccc(C)c1)C(=O)COc1ccc([N+](=O)[O-])c(OC)c1. The minimum absolute atomic E-state index is 0.0415. The van der Waals surface area contributed by atoms with Crippen LogP contribution in [0.15, 0.2) is 42.5 Å². The predicted octanol–water partition coefficient (Wildman–Crippen LogP) is 4.55. The monoisotopic (exact) mass is 497 g/mol. The van der Waals surface area contributed by atoms with Gasteiger partial charge in [0, 0.05) is 24.7 Å². The van der Waals surface area contributed by atoms with E-state index in [2.05, 4.69) is 5.32 Å². The molecule has 1 aliphatic carbocycles. The van der Waals surface area contributed by atoms with E-state index in [1.54, 1.807) is 4.90 Å². The van der Waals surface area contributed by atoms with Crippen LogP contribution >= 0.6 is 0 Å². The van der Waals surface area contributed by atoms with E-state index in [0.717, 1.165) is 36.8 Å². The molecule has 1 N–H and O–H groups in total. The number of nitrogens with one attached hydrogen (secondary N) is 1. The van der Waals surface area contributed by atoms with Crippen LogP contribution in [0.3, 0.4) is 0 Å². The quantitative estimate of drug-likeness (QED) is 0.360. The number of rotatable bonds is 11. The van der Waals surface area contributed by atoms with Crippen LogP contribution in [0, 0.1) is 17.0 Å². The second kappa shape index (κ2) is 12.9. The van der Waals surface area contributed by atoms with Crippen LogP contribution < -0.4 is 14.8 Å². The minimum atomic E-state index is -0.644. The third-order valence-corrected chi connectivity index (χ3v) is 6.48. The molecule has 0 spiro atoms. The van der Waals surface area contributed by atoms with Gasteiger partial charge in [-0.2, -0.15) is 0 Å². The fourth-order valence-corrected chi connectivity index (χ4v) is 4.60. The maximum Gasteiger partial charge on any atom is 0.311 e. The van der Waals surface area contributed by atoms with Gasteiger partial charge in [-0.25, -0.2) is 0 Å². The largest absolute Gasteiger partial charge is 0.490 e. The first-order valence-corrected chi connectivity index (χ1v) is 12.4. The zero-order valence-electron chi connectivity index (χ0n) is 21.2. The second-order valence-electron chi connectivity index (χ2n) is 9.16. The van der Waals surface area contributed by atoms with E-state index >= 15 is 0 Å². The Kier molecular flexibility index (Phi) is 9.67. The molecule has 1 fully saturated rings. The Balaban J connectivity index is 1.78. The van der Waals surface area contributed by atoms with Gasteiger partial charge in [0.15, 0.2) is 6.61 Å². The first-order chi connectivity index (χ1) is 17.3. The van der Waals surface area contributed by atoms with Gasteiger partial charge in [-0.3, -0.25) is 19.7 Å². The van der Waals surface area contributed by atoms with Gasteiger partial charge in [-0.05, 0) is 37.8 Å². The zero-order valence-corrected chi connectivity index (χ0v) is 21.2. The molecule has 9 nitrogen and oxygen atoms in total. The molecule has 2 aromatic carbocycles. The summed E-state index contributed by atoms with van der Waals surface area (Å²) in [6.45, 7) is 3.82. The number of carbonyl (C=O) groups is 2. The predicted molar refractivity (Wildman–Crippen MR) is 136 cm³/mol. The summed E-state index contributed by atoms with van der Waals surface area (Å²) in [6.07, 6.45) is 5.76. The van der Waals surface area contributed by atoms with Crippen molar-refractivity contribution >= 4 is 17.5 Å². The van der Waals surface area contributed by atoms with E-state index in [-0.39, 0.29) is 48.2 Å². The number of aryl methyl sites for hydroxylation is 1. The molecule has 9 heteroatoms. The number of carbonyl (C=O) groups excluding carboxylic acids is 2. The average Bonchev–Trinajstić information content (AvgIpc) is 2.87. The standard InChI is InChI=1S/C27H35N3O6/c1-4-23(27(32)28-21-11-6-5-7-12-21)29(17-20-10-8-9-19(2)15-20)26(31)18-36-22-13-14-24(30(33)34)25(16-22)35-3/h8-10,13-16,21,23H,4-7,11-12,17-18H2,1-3H3,(H,28,32)/t23-/m1/s1. The van der Waals surface area contributed by atoms with Gasteiger partial charge in [-0.1, -0.05) is 56.0 Å². The number of hydrogen-bond donors (Lipinski definition) is 1. The number of hydrogen-bond acceptors (Lipinski definition) is 6. The van der Waals surface area contributed by atoms with Crippen LogP contribution in [0.1, 0.15) is 56.6 Å². The van der Waals surface area contributed by atoms with Crippen molar-refractivity contribution < 1.29 is 24.0 Å². The van der Waals surface area contributed by atoms with Crippen LogP contribution in [-0.2, 0) is 16.1 Å². The van der Waals surface area contributed by atoms with Crippen LogP contribution in [0.2, 0.25) is 0 Å². The molecule has 1 saturated carbocycles. The van der Waals surface area contributed by atoms with Crippen LogP contribution in [0.25, 0.3) is 0 Å². The highest BCUT2D eigenvalue weighted by atomic mass is 16.6. The molecule has 0 heterocycles. The van der Waals surface area contributed by atoms with E-state index in [1.807, 2.05) is 38.1 Å². The number of benzene rings is 2. The second-order valence-corrected chi connectivity index (χ2v) is 9.16. The first-order valence-electron chi connectivity index (χ1n) is 12.4. The average molecular weight is 498 g/mol. The van der Waals surface area contributed by atoms with Gasteiger partial charge in [-0.15, -0.1) is 0 Å². The molecule has 0 aliphatic heterocycles. The highest BCUT2D eigenvalue weighted by Crippen LogP contribution is 2.31. The van der Waals surface area contributed by atoms with Crippen molar-refractivity contribution in [3.63, 3.8) is 0 Å². The summed E-state index contributed by atoms with van der Waals surface area (Å²) in [5.41, 5.74) is 1.79. The van der Waals surface area contributed by atoms with Gasteiger partial charge in [0.2, 0.25) is 11.7 Å². The summed E-state index contributed by atoms with van der Waals surface area (Å²) in [5.74, 6) is -0.192. The molecule has 194 valence electrons. The van der Waals surface area contributed by atoms with E-state index in [1.165, 1.54) is 31.7 Å². The smallest absolute Gasteiger partial charge is 0.311 e. The van der Waals surface area contributed by atoms with Crippen molar-refractivity contribution in [2.24, 2.45) is 0 Å². The number of nitrogens with zero attached hydrogens (tertiary/aromatic N) is 2. The first kappa shape index (κ1) is 27.0. The molecule has 3 rings (SSSR count). The van der Waals surface area contributed by atoms with Crippen molar-refractivity contribution in [3.05, 3.63) is 63.7 Å². The Bertz CT molecular complexity index is 1070. The Morgan fingerprint density at radius 1 is 1.17 bits per heavy atom. The molecule has 0 bridgehead atoms. The van der Waals surface area contributed by atoms with E-state index in [4.69, 9.17) is 9.47 Å². The lowest BCUT2D eigenvalue weighted by atomic mass is 9.95. The van der Waals surface area contributed by atoms with Gasteiger partial charge in [0.1, 0.15) is 11.8 Å². The molecular formula is C27H35N3O6. The van der Waals surface area contributed by atoms with Crippen molar-refractivity contribution in [1.82, 2.24) is 10.2 Å². The number of ether oxygens (including phenoxy) is 2.